The number of piperidine rings is 1. The van der Waals surface area contributed by atoms with Crippen LogP contribution in [0.3, 0.4) is 0 Å². The number of likely N-dealkylation sites (tertiary alicyclic amines) is 1. The van der Waals surface area contributed by atoms with Gasteiger partial charge in [0.05, 0.1) is 0 Å². The molecular formula is C15H31Cl2N3O. The summed E-state index contributed by atoms with van der Waals surface area (Å²) in [5, 5.41) is 3.36. The summed E-state index contributed by atoms with van der Waals surface area (Å²) in [6.07, 6.45) is 5.60. The highest BCUT2D eigenvalue weighted by molar-refractivity contribution is 5.85. The maximum Gasteiger partial charge on any atom is 0.222 e. The van der Waals surface area contributed by atoms with Crippen molar-refractivity contribution < 1.29 is 4.79 Å². The predicted molar refractivity (Wildman–Crippen MR) is 92.6 cm³/mol. The second-order valence-electron chi connectivity index (χ2n) is 6.10. The fraction of sp³-hybridized carbons (Fsp3) is 0.933. The molecule has 126 valence electrons. The lowest BCUT2D eigenvalue weighted by Crippen LogP contribution is -2.42. The van der Waals surface area contributed by atoms with E-state index in [1.165, 1.54) is 19.4 Å². The SMILES string of the molecule is CCN1CCCC1CN(C)C(=O)CC1CCNCC1.Cl.Cl. The topological polar surface area (TPSA) is 35.6 Å². The van der Waals surface area contributed by atoms with Crippen LogP contribution in [0, 0.1) is 5.92 Å². The molecule has 4 nitrogen and oxygen atoms in total. The Kier molecular flexibility index (Phi) is 10.6. The highest BCUT2D eigenvalue weighted by Gasteiger charge is 2.26. The summed E-state index contributed by atoms with van der Waals surface area (Å²) in [7, 11) is 1.98. The van der Waals surface area contributed by atoms with Gasteiger partial charge in [0.2, 0.25) is 5.91 Å². The first-order valence-electron chi connectivity index (χ1n) is 7.89. The molecule has 2 fully saturated rings. The third-order valence-electron chi connectivity index (χ3n) is 4.74. The van der Waals surface area contributed by atoms with Crippen LogP contribution in [0.25, 0.3) is 0 Å². The van der Waals surface area contributed by atoms with Crippen LogP contribution in [-0.4, -0.2) is 61.5 Å². The molecule has 2 rings (SSSR count). The average Bonchev–Trinajstić information content (AvgIpc) is 2.87. The van der Waals surface area contributed by atoms with Gasteiger partial charge in [-0.05, 0) is 57.8 Å². The Morgan fingerprint density at radius 1 is 1.24 bits per heavy atom. The molecule has 21 heavy (non-hydrogen) atoms. The molecule has 0 spiro atoms. The van der Waals surface area contributed by atoms with Crippen molar-refractivity contribution in [2.24, 2.45) is 5.92 Å². The molecule has 6 heteroatoms. The van der Waals surface area contributed by atoms with Crippen molar-refractivity contribution in [3.63, 3.8) is 0 Å². The summed E-state index contributed by atoms with van der Waals surface area (Å²) in [4.78, 5) is 16.8. The van der Waals surface area contributed by atoms with Crippen LogP contribution in [0.5, 0.6) is 0 Å². The average molecular weight is 340 g/mol. The molecule has 2 aliphatic rings. The lowest BCUT2D eigenvalue weighted by molar-refractivity contribution is -0.131. The largest absolute Gasteiger partial charge is 0.344 e. The zero-order valence-electron chi connectivity index (χ0n) is 13.3. The summed E-state index contributed by atoms with van der Waals surface area (Å²) >= 11 is 0. The molecule has 1 atom stereocenters. The molecule has 2 aliphatic heterocycles. The molecule has 0 aromatic heterocycles. The number of likely N-dealkylation sites (N-methyl/N-ethyl adjacent to an activating group) is 2. The summed E-state index contributed by atoms with van der Waals surface area (Å²) in [5.74, 6) is 0.942. The van der Waals surface area contributed by atoms with E-state index in [2.05, 4.69) is 17.1 Å². The van der Waals surface area contributed by atoms with Gasteiger partial charge in [0.15, 0.2) is 0 Å². The van der Waals surface area contributed by atoms with E-state index in [0.717, 1.165) is 45.4 Å². The second kappa shape index (κ2) is 10.7. The molecule has 2 heterocycles. The number of amides is 1. The van der Waals surface area contributed by atoms with E-state index in [4.69, 9.17) is 0 Å². The summed E-state index contributed by atoms with van der Waals surface area (Å²) in [6, 6.07) is 0.590. The first-order valence-corrected chi connectivity index (χ1v) is 7.89. The number of hydrogen-bond acceptors (Lipinski definition) is 3. The van der Waals surface area contributed by atoms with Crippen LogP contribution >= 0.6 is 24.8 Å². The molecule has 0 aliphatic carbocycles. The van der Waals surface area contributed by atoms with Gasteiger partial charge in [0, 0.05) is 26.1 Å². The fourth-order valence-electron chi connectivity index (χ4n) is 3.42. The van der Waals surface area contributed by atoms with Crippen molar-refractivity contribution in [3.8, 4) is 0 Å². The van der Waals surface area contributed by atoms with Crippen LogP contribution in [-0.2, 0) is 4.79 Å². The molecule has 2 saturated heterocycles. The minimum atomic E-state index is 0. The molecule has 1 N–H and O–H groups in total. The number of hydrogen-bond donors (Lipinski definition) is 1. The van der Waals surface area contributed by atoms with Crippen molar-refractivity contribution in [2.75, 3.05) is 39.8 Å². The Bertz CT molecular complexity index is 299. The number of carbonyl (C=O) groups excluding carboxylic acids is 1. The van der Waals surface area contributed by atoms with Crippen molar-refractivity contribution in [1.29, 1.82) is 0 Å². The fourth-order valence-corrected chi connectivity index (χ4v) is 3.42. The smallest absolute Gasteiger partial charge is 0.222 e. The highest BCUT2D eigenvalue weighted by atomic mass is 35.5. The highest BCUT2D eigenvalue weighted by Crippen LogP contribution is 2.20. The number of nitrogens with one attached hydrogen (secondary N) is 1. The van der Waals surface area contributed by atoms with E-state index in [-0.39, 0.29) is 24.8 Å². The standard InChI is InChI=1S/C15H29N3O.2ClH/c1-3-18-10-4-5-14(18)12-17(2)15(19)11-13-6-8-16-9-7-13;;/h13-14,16H,3-12H2,1-2H3;2*1H. The Labute approximate surface area is 141 Å². The maximum atomic E-state index is 12.3. The molecule has 0 bridgehead atoms. The van der Waals surface area contributed by atoms with Crippen molar-refractivity contribution in [1.82, 2.24) is 15.1 Å². The molecule has 1 amide bonds. The molecular weight excluding hydrogens is 309 g/mol. The van der Waals surface area contributed by atoms with Gasteiger partial charge in [0.1, 0.15) is 0 Å². The normalized spacial score (nSPS) is 23.2. The van der Waals surface area contributed by atoms with Crippen molar-refractivity contribution in [3.05, 3.63) is 0 Å². The van der Waals surface area contributed by atoms with E-state index in [0.29, 0.717) is 17.9 Å². The van der Waals surface area contributed by atoms with E-state index in [1.807, 2.05) is 11.9 Å². The van der Waals surface area contributed by atoms with Gasteiger partial charge in [-0.15, -0.1) is 24.8 Å². The van der Waals surface area contributed by atoms with Crippen molar-refractivity contribution >= 4 is 30.7 Å². The van der Waals surface area contributed by atoms with Gasteiger partial charge in [-0.3, -0.25) is 9.69 Å². The van der Waals surface area contributed by atoms with E-state index in [1.54, 1.807) is 0 Å². The molecule has 0 aromatic rings. The van der Waals surface area contributed by atoms with E-state index >= 15 is 0 Å². The third-order valence-corrected chi connectivity index (χ3v) is 4.74. The minimum absolute atomic E-state index is 0. The zero-order chi connectivity index (χ0) is 13.7. The Morgan fingerprint density at radius 3 is 2.52 bits per heavy atom. The number of halogens is 2. The third kappa shape index (κ3) is 6.31. The predicted octanol–water partition coefficient (Wildman–Crippen LogP) is 2.16. The van der Waals surface area contributed by atoms with Crippen LogP contribution in [0.15, 0.2) is 0 Å². The van der Waals surface area contributed by atoms with Gasteiger partial charge in [-0.25, -0.2) is 0 Å². The molecule has 1 unspecified atom stereocenters. The van der Waals surface area contributed by atoms with Gasteiger partial charge in [0.25, 0.3) is 0 Å². The Morgan fingerprint density at radius 2 is 1.90 bits per heavy atom. The number of carbonyl (C=O) groups is 1. The summed E-state index contributed by atoms with van der Waals surface area (Å²) < 4.78 is 0. The summed E-state index contributed by atoms with van der Waals surface area (Å²) in [6.45, 7) is 7.60. The Hall–Kier alpha value is -0.0300. The van der Waals surface area contributed by atoms with Crippen LogP contribution in [0.2, 0.25) is 0 Å². The monoisotopic (exact) mass is 339 g/mol. The zero-order valence-corrected chi connectivity index (χ0v) is 15.0. The lowest BCUT2D eigenvalue weighted by atomic mass is 9.94. The Balaban J connectivity index is 0.00000200. The van der Waals surface area contributed by atoms with E-state index in [9.17, 15) is 4.79 Å². The van der Waals surface area contributed by atoms with Gasteiger partial charge in [-0.1, -0.05) is 6.92 Å². The van der Waals surface area contributed by atoms with Crippen LogP contribution in [0.4, 0.5) is 0 Å². The van der Waals surface area contributed by atoms with Gasteiger partial charge in [-0.2, -0.15) is 0 Å². The second-order valence-corrected chi connectivity index (χ2v) is 6.10. The first-order chi connectivity index (χ1) is 9.20. The lowest BCUT2D eigenvalue weighted by Gasteiger charge is -2.29. The molecule has 0 radical (unpaired) electrons. The van der Waals surface area contributed by atoms with Gasteiger partial charge >= 0.3 is 0 Å². The van der Waals surface area contributed by atoms with Crippen LogP contribution < -0.4 is 5.32 Å². The number of rotatable bonds is 5. The summed E-state index contributed by atoms with van der Waals surface area (Å²) in [5.41, 5.74) is 0. The maximum absolute atomic E-state index is 12.3. The van der Waals surface area contributed by atoms with Gasteiger partial charge < -0.3 is 10.2 Å². The molecule has 0 aromatic carbocycles. The molecule has 0 saturated carbocycles. The number of nitrogens with zero attached hydrogens (tertiary/aromatic N) is 2. The minimum Gasteiger partial charge on any atom is -0.344 e. The van der Waals surface area contributed by atoms with E-state index < -0.39 is 0 Å². The van der Waals surface area contributed by atoms with Crippen LogP contribution in [0.1, 0.15) is 39.0 Å². The van der Waals surface area contributed by atoms with Crippen molar-refractivity contribution in [2.45, 2.75) is 45.1 Å². The quantitative estimate of drug-likeness (QED) is 0.833. The first kappa shape index (κ1) is 21.0.